The standard InChI is InChI=1S/C33H49Cl2N5O4/c1-5-6-7-8-9-10-11-12-13-17-28(41)44-23-40-22-27(37-31(42)29-25(34)15-14-16-26(29)35)30(38-40)32(43)36-24-18-20-39(21-19-24)33(2,3)4/h14-16,22,24H,5-13,17-21,23H2,1-4H3,(H,36,43)(H,37,42). The molecule has 0 bridgehead atoms. The molecule has 9 nitrogen and oxygen atoms in total. The summed E-state index contributed by atoms with van der Waals surface area (Å²) in [5.74, 6) is -1.32. The van der Waals surface area contributed by atoms with Crippen LogP contribution < -0.4 is 10.6 Å². The van der Waals surface area contributed by atoms with Crippen LogP contribution in [0.15, 0.2) is 24.4 Å². The molecule has 11 heteroatoms. The largest absolute Gasteiger partial charge is 0.442 e. The second-order valence-electron chi connectivity index (χ2n) is 12.6. The van der Waals surface area contributed by atoms with E-state index in [0.717, 1.165) is 45.2 Å². The first-order valence-electron chi connectivity index (χ1n) is 16.0. The van der Waals surface area contributed by atoms with Crippen molar-refractivity contribution in [2.24, 2.45) is 0 Å². The van der Waals surface area contributed by atoms with Crippen molar-refractivity contribution in [3.05, 3.63) is 45.7 Å². The fourth-order valence-corrected chi connectivity index (χ4v) is 5.95. The molecule has 1 fully saturated rings. The number of benzene rings is 1. The van der Waals surface area contributed by atoms with Crippen LogP contribution in [-0.4, -0.2) is 57.1 Å². The number of amides is 2. The van der Waals surface area contributed by atoms with Gasteiger partial charge in [0, 0.05) is 31.1 Å². The summed E-state index contributed by atoms with van der Waals surface area (Å²) < 4.78 is 6.78. The van der Waals surface area contributed by atoms with Crippen LogP contribution in [-0.2, 0) is 16.3 Å². The monoisotopic (exact) mass is 649 g/mol. The summed E-state index contributed by atoms with van der Waals surface area (Å²) in [6.45, 7) is 10.3. The first kappa shape index (κ1) is 35.9. The molecule has 0 atom stereocenters. The van der Waals surface area contributed by atoms with Crippen molar-refractivity contribution in [2.45, 2.75) is 123 Å². The third kappa shape index (κ3) is 11.4. The molecule has 0 aliphatic carbocycles. The molecule has 1 aromatic carbocycles. The number of nitrogens with one attached hydrogen (secondary N) is 2. The summed E-state index contributed by atoms with van der Waals surface area (Å²) in [4.78, 5) is 41.3. The Morgan fingerprint density at radius 2 is 1.52 bits per heavy atom. The molecule has 2 amide bonds. The third-order valence-electron chi connectivity index (χ3n) is 8.04. The topological polar surface area (TPSA) is 106 Å². The molecule has 0 radical (unpaired) electrons. The minimum atomic E-state index is -0.574. The van der Waals surface area contributed by atoms with E-state index in [-0.39, 0.29) is 51.3 Å². The number of carbonyl (C=O) groups is 3. The van der Waals surface area contributed by atoms with Crippen LogP contribution in [0.25, 0.3) is 0 Å². The van der Waals surface area contributed by atoms with Gasteiger partial charge in [-0.15, -0.1) is 0 Å². The van der Waals surface area contributed by atoms with Crippen molar-refractivity contribution >= 4 is 46.7 Å². The number of anilines is 1. The van der Waals surface area contributed by atoms with Crippen LogP contribution in [0.1, 0.15) is 126 Å². The predicted molar refractivity (Wildman–Crippen MR) is 176 cm³/mol. The highest BCUT2D eigenvalue weighted by atomic mass is 35.5. The SMILES string of the molecule is CCCCCCCCCCCC(=O)OCn1cc(NC(=O)c2c(Cl)cccc2Cl)c(C(=O)NC2CCN(C(C)(C)C)CC2)n1. The van der Waals surface area contributed by atoms with Crippen LogP contribution in [0, 0.1) is 0 Å². The number of halogens is 2. The Morgan fingerprint density at radius 3 is 2.11 bits per heavy atom. The number of piperidine rings is 1. The lowest BCUT2D eigenvalue weighted by atomic mass is 9.98. The molecule has 1 saturated heterocycles. The number of nitrogens with zero attached hydrogens (tertiary/aromatic N) is 3. The molecule has 0 saturated carbocycles. The van der Waals surface area contributed by atoms with Gasteiger partial charge in [0.15, 0.2) is 12.4 Å². The molecule has 2 aromatic rings. The lowest BCUT2D eigenvalue weighted by Crippen LogP contribution is -2.50. The zero-order valence-electron chi connectivity index (χ0n) is 26.7. The van der Waals surface area contributed by atoms with E-state index in [1.54, 1.807) is 18.2 Å². The van der Waals surface area contributed by atoms with Crippen molar-refractivity contribution in [1.82, 2.24) is 20.0 Å². The van der Waals surface area contributed by atoms with Crippen molar-refractivity contribution in [3.63, 3.8) is 0 Å². The minimum absolute atomic E-state index is 0.0229. The van der Waals surface area contributed by atoms with Gasteiger partial charge >= 0.3 is 5.97 Å². The second-order valence-corrected chi connectivity index (χ2v) is 13.4. The zero-order chi connectivity index (χ0) is 32.1. The summed E-state index contributed by atoms with van der Waals surface area (Å²) in [5, 5.41) is 10.5. The first-order valence-corrected chi connectivity index (χ1v) is 16.8. The zero-order valence-corrected chi connectivity index (χ0v) is 28.2. The fraction of sp³-hybridized carbons (Fsp3) is 0.636. The van der Waals surface area contributed by atoms with Crippen LogP contribution in [0.5, 0.6) is 0 Å². The molecular formula is C33H49Cl2N5O4. The number of aromatic nitrogens is 2. The van der Waals surface area contributed by atoms with Crippen molar-refractivity contribution in [1.29, 1.82) is 0 Å². The Hall–Kier alpha value is -2.62. The number of unbranched alkanes of at least 4 members (excludes halogenated alkanes) is 8. The number of carbonyl (C=O) groups excluding carboxylic acids is 3. The molecule has 244 valence electrons. The maximum Gasteiger partial charge on any atom is 0.307 e. The quantitative estimate of drug-likeness (QED) is 0.142. The Morgan fingerprint density at radius 1 is 0.932 bits per heavy atom. The van der Waals surface area contributed by atoms with Crippen LogP contribution >= 0.6 is 23.2 Å². The average molecular weight is 651 g/mol. The highest BCUT2D eigenvalue weighted by Crippen LogP contribution is 2.26. The summed E-state index contributed by atoms with van der Waals surface area (Å²) in [6, 6.07) is 4.75. The van der Waals surface area contributed by atoms with Gasteiger partial charge in [-0.25, -0.2) is 4.68 Å². The van der Waals surface area contributed by atoms with E-state index in [1.165, 1.54) is 49.4 Å². The van der Waals surface area contributed by atoms with E-state index in [2.05, 4.69) is 48.3 Å². The predicted octanol–water partition coefficient (Wildman–Crippen LogP) is 7.86. The van der Waals surface area contributed by atoms with Gasteiger partial charge in [0.1, 0.15) is 0 Å². The third-order valence-corrected chi connectivity index (χ3v) is 8.67. The summed E-state index contributed by atoms with van der Waals surface area (Å²) in [7, 11) is 0. The maximum absolute atomic E-state index is 13.4. The fourth-order valence-electron chi connectivity index (χ4n) is 5.38. The van der Waals surface area contributed by atoms with Crippen molar-refractivity contribution < 1.29 is 19.1 Å². The van der Waals surface area contributed by atoms with Gasteiger partial charge in [-0.05, 0) is 52.2 Å². The molecule has 1 aliphatic heterocycles. The highest BCUT2D eigenvalue weighted by molar-refractivity contribution is 6.40. The Bertz CT molecular complexity index is 1220. The van der Waals surface area contributed by atoms with Crippen LogP contribution in [0.2, 0.25) is 10.0 Å². The van der Waals surface area contributed by atoms with Crippen molar-refractivity contribution in [2.75, 3.05) is 18.4 Å². The number of ether oxygens (including phenoxy) is 1. The first-order chi connectivity index (χ1) is 21.0. The Kier molecular flexibility index (Phi) is 14.5. The summed E-state index contributed by atoms with van der Waals surface area (Å²) in [6.07, 6.45) is 13.9. The molecule has 3 rings (SSSR count). The highest BCUT2D eigenvalue weighted by Gasteiger charge is 2.29. The molecule has 44 heavy (non-hydrogen) atoms. The van der Waals surface area contributed by atoms with E-state index in [0.29, 0.717) is 6.42 Å². The second kappa shape index (κ2) is 17.8. The Balaban J connectivity index is 1.59. The van der Waals surface area contributed by atoms with Crippen molar-refractivity contribution in [3.8, 4) is 0 Å². The molecular weight excluding hydrogens is 601 g/mol. The molecule has 0 spiro atoms. The van der Waals surface area contributed by atoms with Crippen LogP contribution in [0.3, 0.4) is 0 Å². The number of hydrogen-bond donors (Lipinski definition) is 2. The maximum atomic E-state index is 13.4. The van der Waals surface area contributed by atoms with Gasteiger partial charge in [-0.3, -0.25) is 19.3 Å². The molecule has 1 aromatic heterocycles. The minimum Gasteiger partial charge on any atom is -0.442 e. The van der Waals surface area contributed by atoms with E-state index >= 15 is 0 Å². The van der Waals surface area contributed by atoms with E-state index in [4.69, 9.17) is 27.9 Å². The van der Waals surface area contributed by atoms with E-state index in [1.807, 2.05) is 0 Å². The lowest BCUT2D eigenvalue weighted by Gasteiger charge is -2.40. The Labute approximate surface area is 272 Å². The number of hydrogen-bond acceptors (Lipinski definition) is 6. The van der Waals surface area contributed by atoms with E-state index in [9.17, 15) is 14.4 Å². The van der Waals surface area contributed by atoms with E-state index < -0.39 is 11.8 Å². The smallest absolute Gasteiger partial charge is 0.307 e. The van der Waals surface area contributed by atoms with Gasteiger partial charge < -0.3 is 15.4 Å². The van der Waals surface area contributed by atoms with Gasteiger partial charge in [-0.2, -0.15) is 5.10 Å². The molecule has 0 unspecified atom stereocenters. The van der Waals surface area contributed by atoms with Crippen LogP contribution in [0.4, 0.5) is 5.69 Å². The summed E-state index contributed by atoms with van der Waals surface area (Å²) >= 11 is 12.5. The van der Waals surface area contributed by atoms with Gasteiger partial charge in [0.25, 0.3) is 11.8 Å². The van der Waals surface area contributed by atoms with Gasteiger partial charge in [-0.1, -0.05) is 87.6 Å². The molecule has 2 heterocycles. The lowest BCUT2D eigenvalue weighted by molar-refractivity contribution is -0.148. The summed E-state index contributed by atoms with van der Waals surface area (Å²) in [5.41, 5.74) is 0.355. The average Bonchev–Trinajstić information content (AvgIpc) is 3.37. The van der Waals surface area contributed by atoms with Gasteiger partial charge in [0.2, 0.25) is 0 Å². The number of esters is 1. The number of likely N-dealkylation sites (tertiary alicyclic amines) is 1. The molecule has 2 N–H and O–H groups in total. The molecule has 1 aliphatic rings. The van der Waals surface area contributed by atoms with Gasteiger partial charge in [0.05, 0.1) is 27.5 Å². The number of rotatable bonds is 16. The normalized spacial score (nSPS) is 14.4.